The molecule has 0 aliphatic rings. The highest BCUT2D eigenvalue weighted by molar-refractivity contribution is 5.91. The standard InChI is InChI=1S/C16H19NO4/c1-3-4-16(19)17-11-5-7-13(15(9-11)20-2)14-8-6-12(10-18)21-14/h5-9,18H,3-4,10H2,1-2H3,(H,17,19). The Kier molecular flexibility index (Phi) is 5.00. The van der Waals surface area contributed by atoms with Gasteiger partial charge in [0, 0.05) is 18.2 Å². The molecule has 1 aromatic heterocycles. The molecule has 0 atom stereocenters. The average Bonchev–Trinajstić information content (AvgIpc) is 2.96. The van der Waals surface area contributed by atoms with Crippen molar-refractivity contribution in [2.24, 2.45) is 0 Å². The van der Waals surface area contributed by atoms with Crippen LogP contribution in [0.2, 0.25) is 0 Å². The molecule has 0 aliphatic heterocycles. The molecule has 112 valence electrons. The van der Waals surface area contributed by atoms with Crippen LogP contribution in [0.5, 0.6) is 5.75 Å². The largest absolute Gasteiger partial charge is 0.496 e. The third kappa shape index (κ3) is 3.64. The number of carbonyl (C=O) groups excluding carboxylic acids is 1. The minimum absolute atomic E-state index is 0.0205. The fraction of sp³-hybridized carbons (Fsp3) is 0.312. The topological polar surface area (TPSA) is 71.7 Å². The number of methoxy groups -OCH3 is 1. The van der Waals surface area contributed by atoms with Crippen LogP contribution in [0.25, 0.3) is 11.3 Å². The van der Waals surface area contributed by atoms with Crippen molar-refractivity contribution >= 4 is 11.6 Å². The van der Waals surface area contributed by atoms with Gasteiger partial charge < -0.3 is 19.6 Å². The van der Waals surface area contributed by atoms with E-state index in [0.717, 1.165) is 12.0 Å². The predicted molar refractivity (Wildman–Crippen MR) is 80.2 cm³/mol. The molecule has 0 aliphatic carbocycles. The Morgan fingerprint density at radius 1 is 1.33 bits per heavy atom. The maximum absolute atomic E-state index is 11.6. The van der Waals surface area contributed by atoms with Gasteiger partial charge >= 0.3 is 0 Å². The van der Waals surface area contributed by atoms with Crippen LogP contribution < -0.4 is 10.1 Å². The second kappa shape index (κ2) is 6.95. The van der Waals surface area contributed by atoms with Gasteiger partial charge in [0.15, 0.2) is 0 Å². The first kappa shape index (κ1) is 15.1. The SMILES string of the molecule is CCCC(=O)Nc1ccc(-c2ccc(CO)o2)c(OC)c1. The van der Waals surface area contributed by atoms with Gasteiger partial charge in [0.1, 0.15) is 23.9 Å². The maximum atomic E-state index is 11.6. The van der Waals surface area contributed by atoms with Crippen molar-refractivity contribution in [2.45, 2.75) is 26.4 Å². The molecule has 2 rings (SSSR count). The second-order valence-corrected chi connectivity index (χ2v) is 4.64. The second-order valence-electron chi connectivity index (χ2n) is 4.64. The number of hydrogen-bond donors (Lipinski definition) is 2. The number of aliphatic hydroxyl groups is 1. The average molecular weight is 289 g/mol. The number of furan rings is 1. The molecular formula is C16H19NO4. The Labute approximate surface area is 123 Å². The molecule has 1 amide bonds. The molecular weight excluding hydrogens is 270 g/mol. The zero-order valence-electron chi connectivity index (χ0n) is 12.2. The summed E-state index contributed by atoms with van der Waals surface area (Å²) < 4.78 is 10.9. The van der Waals surface area contributed by atoms with Crippen molar-refractivity contribution in [1.29, 1.82) is 0 Å². The predicted octanol–water partition coefficient (Wildman–Crippen LogP) is 3.19. The van der Waals surface area contributed by atoms with E-state index in [2.05, 4.69) is 5.32 Å². The summed E-state index contributed by atoms with van der Waals surface area (Å²) in [6.07, 6.45) is 1.29. The smallest absolute Gasteiger partial charge is 0.224 e. The van der Waals surface area contributed by atoms with Crippen molar-refractivity contribution in [1.82, 2.24) is 0 Å². The van der Waals surface area contributed by atoms with E-state index in [1.54, 1.807) is 31.4 Å². The van der Waals surface area contributed by atoms with Gasteiger partial charge in [-0.05, 0) is 30.7 Å². The van der Waals surface area contributed by atoms with Crippen LogP contribution in [0, 0.1) is 0 Å². The Bertz CT molecular complexity index is 618. The van der Waals surface area contributed by atoms with E-state index in [0.29, 0.717) is 29.4 Å². The summed E-state index contributed by atoms with van der Waals surface area (Å²) in [7, 11) is 1.56. The molecule has 0 saturated heterocycles. The van der Waals surface area contributed by atoms with Gasteiger partial charge in [-0.2, -0.15) is 0 Å². The summed E-state index contributed by atoms with van der Waals surface area (Å²) in [4.78, 5) is 11.6. The highest BCUT2D eigenvalue weighted by Gasteiger charge is 2.12. The monoisotopic (exact) mass is 289 g/mol. The summed E-state index contributed by atoms with van der Waals surface area (Å²) in [6.45, 7) is 1.81. The van der Waals surface area contributed by atoms with Crippen molar-refractivity contribution in [3.8, 4) is 17.1 Å². The third-order valence-corrected chi connectivity index (χ3v) is 3.05. The lowest BCUT2D eigenvalue weighted by atomic mass is 10.1. The molecule has 0 unspecified atom stereocenters. The Balaban J connectivity index is 2.25. The molecule has 0 fully saturated rings. The number of amides is 1. The molecule has 5 heteroatoms. The first-order valence-corrected chi connectivity index (χ1v) is 6.85. The quantitative estimate of drug-likeness (QED) is 0.856. The number of benzene rings is 1. The fourth-order valence-electron chi connectivity index (χ4n) is 2.03. The number of aliphatic hydroxyl groups excluding tert-OH is 1. The number of nitrogens with one attached hydrogen (secondary N) is 1. The minimum atomic E-state index is -0.145. The van der Waals surface area contributed by atoms with Crippen molar-refractivity contribution in [2.75, 3.05) is 12.4 Å². The van der Waals surface area contributed by atoms with Gasteiger partial charge in [0.25, 0.3) is 0 Å². The molecule has 1 heterocycles. The first-order valence-electron chi connectivity index (χ1n) is 6.85. The van der Waals surface area contributed by atoms with E-state index < -0.39 is 0 Å². The lowest BCUT2D eigenvalue weighted by Crippen LogP contribution is -2.10. The van der Waals surface area contributed by atoms with Gasteiger partial charge in [-0.25, -0.2) is 0 Å². The first-order chi connectivity index (χ1) is 10.2. The summed E-state index contributed by atoms with van der Waals surface area (Å²) in [5.74, 6) is 1.69. The molecule has 0 spiro atoms. The van der Waals surface area contributed by atoms with Crippen molar-refractivity contribution in [3.63, 3.8) is 0 Å². The minimum Gasteiger partial charge on any atom is -0.496 e. The Hall–Kier alpha value is -2.27. The van der Waals surface area contributed by atoms with Crippen LogP contribution in [-0.4, -0.2) is 18.1 Å². The normalized spacial score (nSPS) is 10.4. The van der Waals surface area contributed by atoms with Gasteiger partial charge in [-0.15, -0.1) is 0 Å². The van der Waals surface area contributed by atoms with E-state index in [9.17, 15) is 4.79 Å². The van der Waals surface area contributed by atoms with Crippen LogP contribution in [0.15, 0.2) is 34.7 Å². The van der Waals surface area contributed by atoms with Crippen molar-refractivity contribution < 1.29 is 19.1 Å². The number of hydrogen-bond acceptors (Lipinski definition) is 4. The molecule has 2 N–H and O–H groups in total. The molecule has 0 saturated carbocycles. The van der Waals surface area contributed by atoms with Gasteiger partial charge in [0.05, 0.1) is 12.7 Å². The van der Waals surface area contributed by atoms with Gasteiger partial charge in [-0.1, -0.05) is 6.92 Å². The zero-order chi connectivity index (χ0) is 15.2. The maximum Gasteiger partial charge on any atom is 0.224 e. The van der Waals surface area contributed by atoms with Crippen LogP contribution in [-0.2, 0) is 11.4 Å². The third-order valence-electron chi connectivity index (χ3n) is 3.05. The van der Waals surface area contributed by atoms with E-state index in [4.69, 9.17) is 14.3 Å². The lowest BCUT2D eigenvalue weighted by Gasteiger charge is -2.10. The van der Waals surface area contributed by atoms with E-state index in [1.807, 2.05) is 13.0 Å². The van der Waals surface area contributed by atoms with Crippen LogP contribution in [0.3, 0.4) is 0 Å². The Morgan fingerprint density at radius 2 is 2.14 bits per heavy atom. The van der Waals surface area contributed by atoms with Crippen LogP contribution >= 0.6 is 0 Å². The van der Waals surface area contributed by atoms with Crippen LogP contribution in [0.4, 0.5) is 5.69 Å². The van der Waals surface area contributed by atoms with Gasteiger partial charge in [0.2, 0.25) is 5.91 Å². The molecule has 21 heavy (non-hydrogen) atoms. The van der Waals surface area contributed by atoms with Crippen LogP contribution in [0.1, 0.15) is 25.5 Å². The number of anilines is 1. The summed E-state index contributed by atoms with van der Waals surface area (Å²) >= 11 is 0. The zero-order valence-corrected chi connectivity index (χ0v) is 12.2. The molecule has 0 bridgehead atoms. The van der Waals surface area contributed by atoms with E-state index >= 15 is 0 Å². The van der Waals surface area contributed by atoms with E-state index in [-0.39, 0.29) is 12.5 Å². The molecule has 2 aromatic rings. The number of ether oxygens (including phenoxy) is 1. The Morgan fingerprint density at radius 3 is 2.76 bits per heavy atom. The molecule has 1 aromatic carbocycles. The summed E-state index contributed by atoms with van der Waals surface area (Å²) in [6, 6.07) is 8.86. The lowest BCUT2D eigenvalue weighted by molar-refractivity contribution is -0.116. The summed E-state index contributed by atoms with van der Waals surface area (Å²) in [5.41, 5.74) is 1.45. The molecule has 5 nitrogen and oxygen atoms in total. The highest BCUT2D eigenvalue weighted by atomic mass is 16.5. The number of carbonyl (C=O) groups is 1. The van der Waals surface area contributed by atoms with Gasteiger partial charge in [-0.3, -0.25) is 4.79 Å². The van der Waals surface area contributed by atoms with E-state index in [1.165, 1.54) is 0 Å². The number of rotatable bonds is 6. The highest BCUT2D eigenvalue weighted by Crippen LogP contribution is 2.33. The summed E-state index contributed by atoms with van der Waals surface area (Å²) in [5, 5.41) is 11.9. The molecule has 0 radical (unpaired) electrons. The van der Waals surface area contributed by atoms with Crippen molar-refractivity contribution in [3.05, 3.63) is 36.1 Å². The fourth-order valence-corrected chi connectivity index (χ4v) is 2.03.